The number of rotatable bonds is 6. The fourth-order valence-electron chi connectivity index (χ4n) is 1.65. The van der Waals surface area contributed by atoms with Crippen LogP contribution >= 0.6 is 0 Å². The molecule has 2 aromatic carbocycles. The molecule has 0 aromatic heterocycles. The van der Waals surface area contributed by atoms with E-state index in [9.17, 15) is 8.78 Å². The second-order valence-electron chi connectivity index (χ2n) is 4.12. The molecule has 2 aromatic rings. The fourth-order valence-corrected chi connectivity index (χ4v) is 1.65. The topological polar surface area (TPSA) is 44.5 Å². The van der Waals surface area contributed by atoms with Gasteiger partial charge in [-0.1, -0.05) is 12.1 Å². The molecule has 2 rings (SSSR count). The molecule has 0 saturated heterocycles. The van der Waals surface area contributed by atoms with E-state index in [4.69, 9.17) is 15.2 Å². The molecule has 0 amide bonds. The highest BCUT2D eigenvalue weighted by atomic mass is 19.2. The molecule has 0 saturated carbocycles. The molecule has 0 atom stereocenters. The van der Waals surface area contributed by atoms with Gasteiger partial charge in [0.2, 0.25) is 0 Å². The van der Waals surface area contributed by atoms with Crippen LogP contribution in [0.1, 0.15) is 5.56 Å². The molecule has 5 heteroatoms. The normalized spacial score (nSPS) is 10.3. The van der Waals surface area contributed by atoms with E-state index in [0.29, 0.717) is 18.9 Å². The van der Waals surface area contributed by atoms with Gasteiger partial charge < -0.3 is 15.2 Å². The lowest BCUT2D eigenvalue weighted by Crippen LogP contribution is -2.09. The Morgan fingerprint density at radius 3 is 2.20 bits per heavy atom. The van der Waals surface area contributed by atoms with Gasteiger partial charge in [0.25, 0.3) is 0 Å². The lowest BCUT2D eigenvalue weighted by molar-refractivity contribution is 0.216. The summed E-state index contributed by atoms with van der Waals surface area (Å²) in [6, 6.07) is 10.8. The molecule has 0 aliphatic heterocycles. The second-order valence-corrected chi connectivity index (χ2v) is 4.12. The zero-order valence-corrected chi connectivity index (χ0v) is 10.8. The van der Waals surface area contributed by atoms with Crippen LogP contribution in [0.5, 0.6) is 11.5 Å². The van der Waals surface area contributed by atoms with Gasteiger partial charge in [0.05, 0.1) is 0 Å². The third-order valence-electron chi connectivity index (χ3n) is 2.65. The molecule has 0 heterocycles. The maximum absolute atomic E-state index is 12.9. The van der Waals surface area contributed by atoms with Crippen LogP contribution in [0.3, 0.4) is 0 Å². The maximum Gasteiger partial charge on any atom is 0.162 e. The summed E-state index contributed by atoms with van der Waals surface area (Å²) in [6.45, 7) is 0.980. The van der Waals surface area contributed by atoms with E-state index in [1.54, 1.807) is 0 Å². The highest BCUT2D eigenvalue weighted by molar-refractivity contribution is 5.28. The first-order chi connectivity index (χ1) is 9.69. The van der Waals surface area contributed by atoms with Crippen LogP contribution in [0.4, 0.5) is 8.78 Å². The number of hydrogen-bond acceptors (Lipinski definition) is 3. The van der Waals surface area contributed by atoms with E-state index >= 15 is 0 Å². The first kappa shape index (κ1) is 14.3. The number of halogens is 2. The van der Waals surface area contributed by atoms with E-state index in [1.165, 1.54) is 6.07 Å². The number of hydrogen-bond donors (Lipinski definition) is 1. The molecule has 0 aliphatic rings. The molecule has 0 aliphatic carbocycles. The molecule has 0 fully saturated rings. The van der Waals surface area contributed by atoms with Gasteiger partial charge in [-0.25, -0.2) is 8.78 Å². The predicted octanol–water partition coefficient (Wildman–Crippen LogP) is 2.88. The Balaban J connectivity index is 1.79. The maximum atomic E-state index is 12.9. The highest BCUT2D eigenvalue weighted by Gasteiger charge is 2.03. The molecule has 0 unspecified atom stereocenters. The van der Waals surface area contributed by atoms with E-state index in [-0.39, 0.29) is 12.4 Å². The van der Waals surface area contributed by atoms with Crippen LogP contribution in [0.2, 0.25) is 0 Å². The standard InChI is InChI=1S/C15H15F2NO2/c16-14-5-4-13(9-15(14)17)20-7-6-19-12-3-1-2-11(8-12)10-18/h1-5,8-9H,6-7,10,18H2. The van der Waals surface area contributed by atoms with Crippen molar-refractivity contribution in [2.24, 2.45) is 5.73 Å². The van der Waals surface area contributed by atoms with Gasteiger partial charge in [-0.15, -0.1) is 0 Å². The van der Waals surface area contributed by atoms with Crippen molar-refractivity contribution in [1.29, 1.82) is 0 Å². The van der Waals surface area contributed by atoms with Gasteiger partial charge in [-0.05, 0) is 29.8 Å². The summed E-state index contributed by atoms with van der Waals surface area (Å²) in [5, 5.41) is 0. The molecule has 20 heavy (non-hydrogen) atoms. The molecule has 3 nitrogen and oxygen atoms in total. The average molecular weight is 279 g/mol. The van der Waals surface area contributed by atoms with Gasteiger partial charge in [0, 0.05) is 12.6 Å². The SMILES string of the molecule is NCc1cccc(OCCOc2ccc(F)c(F)c2)c1. The van der Waals surface area contributed by atoms with Crippen LogP contribution in [0, 0.1) is 11.6 Å². The molecular formula is C15H15F2NO2. The van der Waals surface area contributed by atoms with Crippen LogP contribution < -0.4 is 15.2 Å². The molecule has 106 valence electrons. The zero-order chi connectivity index (χ0) is 14.4. The largest absolute Gasteiger partial charge is 0.490 e. The summed E-state index contributed by atoms with van der Waals surface area (Å²) in [7, 11) is 0. The lowest BCUT2D eigenvalue weighted by Gasteiger charge is -2.09. The first-order valence-corrected chi connectivity index (χ1v) is 6.18. The Bertz CT molecular complexity index is 576. The molecular weight excluding hydrogens is 264 g/mol. The smallest absolute Gasteiger partial charge is 0.162 e. The fraction of sp³-hybridized carbons (Fsp3) is 0.200. The quantitative estimate of drug-likeness (QED) is 0.827. The van der Waals surface area contributed by atoms with Crippen LogP contribution in [-0.2, 0) is 6.54 Å². The minimum atomic E-state index is -0.931. The third kappa shape index (κ3) is 3.93. The molecule has 0 radical (unpaired) electrons. The lowest BCUT2D eigenvalue weighted by atomic mass is 10.2. The summed E-state index contributed by atoms with van der Waals surface area (Å²) in [6.07, 6.45) is 0. The Hall–Kier alpha value is -2.14. The number of ether oxygens (including phenoxy) is 2. The second kappa shape index (κ2) is 6.86. The van der Waals surface area contributed by atoms with Gasteiger partial charge in [-0.2, -0.15) is 0 Å². The van der Waals surface area contributed by atoms with Gasteiger partial charge in [0.1, 0.15) is 24.7 Å². The van der Waals surface area contributed by atoms with E-state index in [0.717, 1.165) is 17.7 Å². The summed E-state index contributed by atoms with van der Waals surface area (Å²) < 4.78 is 36.4. The summed E-state index contributed by atoms with van der Waals surface area (Å²) in [5.41, 5.74) is 6.51. The van der Waals surface area contributed by atoms with Gasteiger partial charge in [0.15, 0.2) is 11.6 Å². The first-order valence-electron chi connectivity index (χ1n) is 6.18. The average Bonchev–Trinajstić information content (AvgIpc) is 2.47. The van der Waals surface area contributed by atoms with Crippen LogP contribution in [0.15, 0.2) is 42.5 Å². The summed E-state index contributed by atoms with van der Waals surface area (Å²) >= 11 is 0. The minimum Gasteiger partial charge on any atom is -0.490 e. The van der Waals surface area contributed by atoms with Crippen molar-refractivity contribution in [3.63, 3.8) is 0 Å². The Kier molecular flexibility index (Phi) is 4.90. The van der Waals surface area contributed by atoms with Crippen molar-refractivity contribution in [2.75, 3.05) is 13.2 Å². The monoisotopic (exact) mass is 279 g/mol. The van der Waals surface area contributed by atoms with E-state index in [1.807, 2.05) is 24.3 Å². The van der Waals surface area contributed by atoms with Crippen molar-refractivity contribution < 1.29 is 18.3 Å². The predicted molar refractivity (Wildman–Crippen MR) is 71.7 cm³/mol. The van der Waals surface area contributed by atoms with Crippen molar-refractivity contribution >= 4 is 0 Å². The zero-order valence-electron chi connectivity index (χ0n) is 10.8. The highest BCUT2D eigenvalue weighted by Crippen LogP contribution is 2.16. The van der Waals surface area contributed by atoms with Crippen molar-refractivity contribution in [3.05, 3.63) is 59.7 Å². The number of benzene rings is 2. The van der Waals surface area contributed by atoms with Gasteiger partial charge >= 0.3 is 0 Å². The van der Waals surface area contributed by atoms with Crippen LogP contribution in [-0.4, -0.2) is 13.2 Å². The Morgan fingerprint density at radius 2 is 1.55 bits per heavy atom. The summed E-state index contributed by atoms with van der Waals surface area (Å²) in [4.78, 5) is 0. The van der Waals surface area contributed by atoms with Gasteiger partial charge in [-0.3, -0.25) is 0 Å². The van der Waals surface area contributed by atoms with Crippen LogP contribution in [0.25, 0.3) is 0 Å². The van der Waals surface area contributed by atoms with E-state index in [2.05, 4.69) is 0 Å². The Labute approximate surface area is 115 Å². The molecule has 0 spiro atoms. The Morgan fingerprint density at radius 1 is 0.850 bits per heavy atom. The molecule has 2 N–H and O–H groups in total. The van der Waals surface area contributed by atoms with Crippen molar-refractivity contribution in [2.45, 2.75) is 6.54 Å². The summed E-state index contributed by atoms with van der Waals surface area (Å²) in [5.74, 6) is -0.865. The van der Waals surface area contributed by atoms with Crippen molar-refractivity contribution in [1.82, 2.24) is 0 Å². The number of nitrogens with two attached hydrogens (primary N) is 1. The third-order valence-corrected chi connectivity index (χ3v) is 2.65. The molecule has 0 bridgehead atoms. The van der Waals surface area contributed by atoms with Crippen molar-refractivity contribution in [3.8, 4) is 11.5 Å². The minimum absolute atomic E-state index is 0.234. The van der Waals surface area contributed by atoms with E-state index < -0.39 is 11.6 Å².